The third-order valence-electron chi connectivity index (χ3n) is 2.99. The molecule has 4 N–H and O–H groups in total. The molecule has 0 radical (unpaired) electrons. The molecule has 0 saturated carbocycles. The van der Waals surface area contributed by atoms with Gasteiger partial charge >= 0.3 is 11.3 Å². The molecule has 0 bridgehead atoms. The molecule has 2 aromatic carbocycles. The molecular weight excluding hydrogens is 266 g/mol. The van der Waals surface area contributed by atoms with Gasteiger partial charge in [-0.1, -0.05) is 0 Å². The lowest BCUT2D eigenvalue weighted by molar-refractivity contribution is 0.404. The number of fused-ring (bicyclic) bond motifs is 1. The van der Waals surface area contributed by atoms with Gasteiger partial charge in [-0.05, 0) is 18.2 Å². The molecule has 3 rings (SSSR count). The Bertz CT molecular complexity index is 811. The summed E-state index contributed by atoms with van der Waals surface area (Å²) < 4.78 is 5.59. The van der Waals surface area contributed by atoms with E-state index in [0.717, 1.165) is 0 Å². The second-order valence-corrected chi connectivity index (χ2v) is 4.38. The van der Waals surface area contributed by atoms with Crippen LogP contribution in [0.4, 0.5) is 0 Å². The highest BCUT2D eigenvalue weighted by molar-refractivity contribution is 5.86. The van der Waals surface area contributed by atoms with Crippen LogP contribution in [-0.4, -0.2) is 20.4 Å². The Balaban J connectivity index is 2.19. The first-order valence-corrected chi connectivity index (χ1v) is 5.86. The van der Waals surface area contributed by atoms with Crippen molar-refractivity contribution in [1.82, 2.24) is 0 Å². The Morgan fingerprint density at radius 1 is 0.700 bits per heavy atom. The van der Waals surface area contributed by atoms with Crippen LogP contribution in [0.3, 0.4) is 0 Å². The van der Waals surface area contributed by atoms with Crippen molar-refractivity contribution in [3.63, 3.8) is 0 Å². The third-order valence-corrected chi connectivity index (χ3v) is 2.99. The van der Waals surface area contributed by atoms with Crippen LogP contribution in [0.25, 0.3) is 22.3 Å². The predicted molar refractivity (Wildman–Crippen MR) is 72.7 cm³/mol. The highest BCUT2D eigenvalue weighted by atomic mass is 16.4. The molecular formula is C15H11O5+. The summed E-state index contributed by atoms with van der Waals surface area (Å²) in [6.45, 7) is 0. The highest BCUT2D eigenvalue weighted by Crippen LogP contribution is 2.35. The SMILES string of the molecule is Oc1cc(O)c2ccc(-[13c]3[13cH][13cH][13c](O)[13c](O)[13cH]3)[o+]c2c1. The van der Waals surface area contributed by atoms with Crippen molar-refractivity contribution in [2.24, 2.45) is 0 Å². The van der Waals surface area contributed by atoms with Gasteiger partial charge in [-0.25, -0.2) is 4.42 Å². The van der Waals surface area contributed by atoms with Crippen LogP contribution in [0.2, 0.25) is 0 Å². The van der Waals surface area contributed by atoms with Crippen LogP contribution in [0.15, 0.2) is 46.9 Å². The molecule has 3 aromatic rings. The van der Waals surface area contributed by atoms with Gasteiger partial charge in [0.1, 0.15) is 16.9 Å². The predicted octanol–water partition coefficient (Wildman–Crippen LogP) is 3.20. The summed E-state index contributed by atoms with van der Waals surface area (Å²) >= 11 is 0. The molecule has 100 valence electrons. The maximum atomic E-state index is 9.70. The molecule has 1 heterocycles. The molecule has 0 saturated heterocycles. The Morgan fingerprint density at radius 3 is 2.25 bits per heavy atom. The number of phenolic OH excluding ortho intramolecular Hbond substituents is 4. The summed E-state index contributed by atoms with van der Waals surface area (Å²) in [7, 11) is 0. The molecule has 20 heavy (non-hydrogen) atoms. The second kappa shape index (κ2) is 4.31. The monoisotopic (exact) mass is 277 g/mol. The van der Waals surface area contributed by atoms with Gasteiger partial charge in [0.15, 0.2) is 11.5 Å². The molecule has 0 atom stereocenters. The number of hydrogen-bond donors (Lipinski definition) is 4. The number of rotatable bonds is 1. The molecule has 5 heteroatoms. The number of aromatic hydroxyl groups is 4. The summed E-state index contributed by atoms with van der Waals surface area (Å²) in [4.78, 5) is 0. The Labute approximate surface area is 113 Å². The minimum Gasteiger partial charge on any atom is -0.507 e. The molecule has 0 aliphatic heterocycles. The van der Waals surface area contributed by atoms with Gasteiger partial charge in [-0.3, -0.25) is 0 Å². The molecule has 1 aromatic heterocycles. The zero-order valence-electron chi connectivity index (χ0n) is 10.2. The molecule has 0 aliphatic carbocycles. The summed E-state index contributed by atoms with van der Waals surface area (Å²) in [5, 5.41) is 38.4. The molecule has 0 amide bonds. The lowest BCUT2D eigenvalue weighted by Gasteiger charge is -1.99. The van der Waals surface area contributed by atoms with E-state index >= 15 is 0 Å². The van der Waals surface area contributed by atoms with Crippen molar-refractivity contribution >= 4 is 11.0 Å². The number of benzene rings is 2. The Kier molecular flexibility index (Phi) is 2.61. The van der Waals surface area contributed by atoms with Gasteiger partial charge in [-0.2, -0.15) is 0 Å². The molecule has 5 nitrogen and oxygen atoms in total. The molecule has 0 fully saturated rings. The highest BCUT2D eigenvalue weighted by Gasteiger charge is 2.18. The van der Waals surface area contributed by atoms with Crippen molar-refractivity contribution in [1.29, 1.82) is 0 Å². The van der Waals surface area contributed by atoms with Crippen LogP contribution in [0, 0.1) is 0 Å². The quantitative estimate of drug-likeness (QED) is 0.405. The fourth-order valence-electron chi connectivity index (χ4n) is 1.99. The van der Waals surface area contributed by atoms with E-state index in [1.165, 1.54) is 24.3 Å². The minimum atomic E-state index is -0.253. The van der Waals surface area contributed by atoms with Gasteiger partial charge < -0.3 is 20.4 Å². The average Bonchev–Trinajstić information content (AvgIpc) is 2.41. The third kappa shape index (κ3) is 1.95. The Hall–Kier alpha value is -2.95. The first-order chi connectivity index (χ1) is 9.54. The van der Waals surface area contributed by atoms with E-state index in [1.807, 2.05) is 0 Å². The fourth-order valence-corrected chi connectivity index (χ4v) is 1.99. The van der Waals surface area contributed by atoms with E-state index in [0.29, 0.717) is 22.3 Å². The van der Waals surface area contributed by atoms with Crippen molar-refractivity contribution in [2.45, 2.75) is 0 Å². The first-order valence-electron chi connectivity index (χ1n) is 5.86. The van der Waals surface area contributed by atoms with Crippen LogP contribution < -0.4 is 0 Å². The van der Waals surface area contributed by atoms with E-state index < -0.39 is 0 Å². The summed E-state index contributed by atoms with van der Waals surface area (Å²) in [6, 6.07) is 10.2. The molecule has 0 aliphatic rings. The van der Waals surface area contributed by atoms with Crippen LogP contribution in [0.1, 0.15) is 0 Å². The van der Waals surface area contributed by atoms with Gasteiger partial charge in [0, 0.05) is 18.2 Å². The van der Waals surface area contributed by atoms with Crippen LogP contribution in [-0.2, 0) is 0 Å². The van der Waals surface area contributed by atoms with E-state index in [1.54, 1.807) is 18.2 Å². The van der Waals surface area contributed by atoms with Gasteiger partial charge in [0.2, 0.25) is 0 Å². The molecule has 0 spiro atoms. The van der Waals surface area contributed by atoms with E-state index in [-0.39, 0.29) is 23.0 Å². The lowest BCUT2D eigenvalue weighted by atomic mass is 10.2. The standard InChI is InChI=1S/C15H10O5/c16-9-6-12(18)10-2-4-14(20-15(10)7-9)8-1-3-11(17)13(19)5-8/h1-7H,(H3-,16,17,18,19)/p+1/i1+1,3+1,5+1,8+1,11+1,13+1. The van der Waals surface area contributed by atoms with Gasteiger partial charge in [-0.15, -0.1) is 0 Å². The lowest BCUT2D eigenvalue weighted by Crippen LogP contribution is -1.81. The van der Waals surface area contributed by atoms with Crippen LogP contribution >= 0.6 is 0 Å². The van der Waals surface area contributed by atoms with Crippen molar-refractivity contribution in [2.75, 3.05) is 0 Å². The largest absolute Gasteiger partial charge is 0.507 e. The van der Waals surface area contributed by atoms with E-state index in [9.17, 15) is 20.4 Å². The number of hydrogen-bond acceptors (Lipinski definition) is 4. The topological polar surface area (TPSA) is 92.2 Å². The average molecular weight is 277 g/mol. The van der Waals surface area contributed by atoms with Crippen molar-refractivity contribution < 1.29 is 24.8 Å². The summed E-state index contributed by atoms with van der Waals surface area (Å²) in [5.74, 6) is -0.229. The first kappa shape index (κ1) is 12.1. The zero-order chi connectivity index (χ0) is 14.3. The van der Waals surface area contributed by atoms with E-state index in [2.05, 4.69) is 0 Å². The van der Waals surface area contributed by atoms with Crippen molar-refractivity contribution in [3.8, 4) is 34.3 Å². The van der Waals surface area contributed by atoms with Gasteiger partial charge in [0.05, 0.1) is 11.6 Å². The molecule has 0 unspecified atom stereocenters. The normalized spacial score (nSPS) is 10.8. The summed E-state index contributed by atoms with van der Waals surface area (Å²) in [5.41, 5.74) is 0.873. The smallest absolute Gasteiger partial charge is 0.368 e. The maximum Gasteiger partial charge on any atom is 0.368 e. The fraction of sp³-hybridized carbons (Fsp3) is 0. The maximum absolute atomic E-state index is 9.70. The van der Waals surface area contributed by atoms with E-state index in [4.69, 9.17) is 4.42 Å². The summed E-state index contributed by atoms with van der Waals surface area (Å²) in [6.07, 6.45) is 0. The second-order valence-electron chi connectivity index (χ2n) is 4.38. The Morgan fingerprint density at radius 2 is 1.50 bits per heavy atom. The zero-order valence-corrected chi connectivity index (χ0v) is 10.2. The van der Waals surface area contributed by atoms with Gasteiger partial charge in [0.25, 0.3) is 0 Å². The van der Waals surface area contributed by atoms with Crippen LogP contribution in [0.5, 0.6) is 23.0 Å². The number of phenols is 4. The minimum absolute atomic E-state index is 0.0798. The van der Waals surface area contributed by atoms with Crippen molar-refractivity contribution in [3.05, 3.63) is 42.5 Å².